The van der Waals surface area contributed by atoms with Gasteiger partial charge >= 0.3 is 0 Å². The Morgan fingerprint density at radius 1 is 1.85 bits per heavy atom. The maximum absolute atomic E-state index is 5.64. The maximum Gasteiger partial charge on any atom is 0.0537 e. The number of nitrogens with zero attached hydrogens (tertiary/aromatic N) is 2. The first kappa shape index (κ1) is 10.3. The number of hydrogen-bond donors (Lipinski definition) is 1. The van der Waals surface area contributed by atoms with Gasteiger partial charge in [0.15, 0.2) is 0 Å². The largest absolute Gasteiger partial charge is 0.305 e. The van der Waals surface area contributed by atoms with Gasteiger partial charge in [-0.05, 0) is 6.92 Å². The van der Waals surface area contributed by atoms with Crippen LogP contribution in [0.2, 0.25) is 0 Å². The highest BCUT2D eigenvalue weighted by Crippen LogP contribution is 2.10. The van der Waals surface area contributed by atoms with Crippen LogP contribution in [-0.4, -0.2) is 16.3 Å². The van der Waals surface area contributed by atoms with Crippen LogP contribution in [0.5, 0.6) is 0 Å². The van der Waals surface area contributed by atoms with Crippen LogP contribution in [0.25, 0.3) is 0 Å². The van der Waals surface area contributed by atoms with Crippen LogP contribution in [0.3, 0.4) is 0 Å². The van der Waals surface area contributed by atoms with Crippen LogP contribution in [-0.2, 0) is 7.05 Å². The maximum atomic E-state index is 5.64. The second kappa shape index (κ2) is 4.44. The van der Waals surface area contributed by atoms with Crippen molar-refractivity contribution in [2.45, 2.75) is 13.0 Å². The Kier molecular flexibility index (Phi) is 3.51. The van der Waals surface area contributed by atoms with Gasteiger partial charge in [-0.2, -0.15) is 5.10 Å². The number of nitrogens with one attached hydrogen (secondary N) is 1. The Balaban J connectivity index is 2.48. The quantitative estimate of drug-likeness (QED) is 0.802. The van der Waals surface area contributed by atoms with E-state index in [0.717, 1.165) is 5.56 Å². The lowest BCUT2D eigenvalue weighted by atomic mass is 10.2. The predicted molar refractivity (Wildman–Crippen MR) is 54.6 cm³/mol. The lowest BCUT2D eigenvalue weighted by Crippen LogP contribution is -2.19. The van der Waals surface area contributed by atoms with Crippen LogP contribution in [0, 0.1) is 0 Å². The van der Waals surface area contributed by atoms with E-state index in [2.05, 4.69) is 23.9 Å². The van der Waals surface area contributed by atoms with Crippen molar-refractivity contribution in [1.82, 2.24) is 15.1 Å². The molecular formula is C9H14ClN3. The van der Waals surface area contributed by atoms with Gasteiger partial charge in [0.05, 0.1) is 6.20 Å². The normalized spacial score (nSPS) is 12.8. The van der Waals surface area contributed by atoms with Gasteiger partial charge in [-0.1, -0.05) is 18.2 Å². The van der Waals surface area contributed by atoms with E-state index in [9.17, 15) is 0 Å². The SMILES string of the molecule is C=C(Cl)CNC(C)c1cnn(C)c1. The van der Waals surface area contributed by atoms with Crippen molar-refractivity contribution in [1.29, 1.82) is 0 Å². The average Bonchev–Trinajstić information content (AvgIpc) is 2.47. The lowest BCUT2D eigenvalue weighted by Gasteiger charge is -2.10. The first-order valence-corrected chi connectivity index (χ1v) is 4.52. The Hall–Kier alpha value is -0.800. The third-order valence-electron chi connectivity index (χ3n) is 1.82. The molecule has 1 unspecified atom stereocenters. The zero-order chi connectivity index (χ0) is 9.84. The molecule has 0 radical (unpaired) electrons. The molecule has 1 atom stereocenters. The first-order chi connectivity index (χ1) is 6.09. The number of hydrogen-bond acceptors (Lipinski definition) is 2. The minimum absolute atomic E-state index is 0.254. The van der Waals surface area contributed by atoms with E-state index in [4.69, 9.17) is 11.6 Å². The van der Waals surface area contributed by atoms with Crippen molar-refractivity contribution in [3.63, 3.8) is 0 Å². The molecule has 1 N–H and O–H groups in total. The van der Waals surface area contributed by atoms with E-state index in [0.29, 0.717) is 11.6 Å². The van der Waals surface area contributed by atoms with Gasteiger partial charge in [-0.25, -0.2) is 0 Å². The summed E-state index contributed by atoms with van der Waals surface area (Å²) < 4.78 is 1.78. The van der Waals surface area contributed by atoms with E-state index in [1.165, 1.54) is 0 Å². The molecule has 4 heteroatoms. The van der Waals surface area contributed by atoms with Crippen molar-refractivity contribution in [2.24, 2.45) is 7.05 Å². The van der Waals surface area contributed by atoms with Crippen molar-refractivity contribution >= 4 is 11.6 Å². The van der Waals surface area contributed by atoms with Gasteiger partial charge in [-0.15, -0.1) is 0 Å². The third-order valence-corrected chi connectivity index (χ3v) is 1.96. The lowest BCUT2D eigenvalue weighted by molar-refractivity contribution is 0.613. The smallest absolute Gasteiger partial charge is 0.0537 e. The summed E-state index contributed by atoms with van der Waals surface area (Å²) >= 11 is 5.64. The average molecular weight is 200 g/mol. The predicted octanol–water partition coefficient (Wildman–Crippen LogP) is 1.82. The molecule has 0 saturated carbocycles. The van der Waals surface area contributed by atoms with Crippen LogP contribution in [0.1, 0.15) is 18.5 Å². The fraction of sp³-hybridized carbons (Fsp3) is 0.444. The Bertz CT molecular complexity index is 293. The van der Waals surface area contributed by atoms with Crippen molar-refractivity contribution < 1.29 is 0 Å². The topological polar surface area (TPSA) is 29.9 Å². The summed E-state index contributed by atoms with van der Waals surface area (Å²) in [6.07, 6.45) is 3.82. The van der Waals surface area contributed by atoms with E-state index in [1.54, 1.807) is 4.68 Å². The molecular weight excluding hydrogens is 186 g/mol. The molecule has 13 heavy (non-hydrogen) atoms. The summed E-state index contributed by atoms with van der Waals surface area (Å²) in [5.41, 5.74) is 1.15. The minimum Gasteiger partial charge on any atom is -0.305 e. The van der Waals surface area contributed by atoms with Gasteiger partial charge in [0.2, 0.25) is 0 Å². The van der Waals surface area contributed by atoms with E-state index in [-0.39, 0.29) is 6.04 Å². The van der Waals surface area contributed by atoms with Crippen molar-refractivity contribution in [2.75, 3.05) is 6.54 Å². The monoisotopic (exact) mass is 199 g/mol. The molecule has 0 amide bonds. The number of aryl methyl sites for hydroxylation is 1. The molecule has 1 aromatic heterocycles. The van der Waals surface area contributed by atoms with Gasteiger partial charge < -0.3 is 5.32 Å². The third kappa shape index (κ3) is 3.20. The minimum atomic E-state index is 0.254. The number of aromatic nitrogens is 2. The molecule has 0 bridgehead atoms. The Morgan fingerprint density at radius 2 is 2.54 bits per heavy atom. The Morgan fingerprint density at radius 3 is 3.00 bits per heavy atom. The second-order valence-electron chi connectivity index (χ2n) is 3.07. The highest BCUT2D eigenvalue weighted by Gasteiger charge is 2.05. The van der Waals surface area contributed by atoms with E-state index < -0.39 is 0 Å². The van der Waals surface area contributed by atoms with Crippen LogP contribution >= 0.6 is 11.6 Å². The number of halogens is 1. The summed E-state index contributed by atoms with van der Waals surface area (Å²) in [5, 5.41) is 7.93. The standard InChI is InChI=1S/C9H14ClN3/c1-7(10)4-11-8(2)9-5-12-13(3)6-9/h5-6,8,11H,1,4H2,2-3H3. The van der Waals surface area contributed by atoms with Gasteiger partial charge in [0, 0.05) is 36.4 Å². The summed E-state index contributed by atoms with van der Waals surface area (Å²) in [6, 6.07) is 0.254. The molecule has 0 aliphatic heterocycles. The van der Waals surface area contributed by atoms with E-state index in [1.807, 2.05) is 19.4 Å². The fourth-order valence-corrected chi connectivity index (χ4v) is 1.12. The molecule has 0 saturated heterocycles. The molecule has 1 heterocycles. The highest BCUT2D eigenvalue weighted by molar-refractivity contribution is 6.29. The zero-order valence-corrected chi connectivity index (χ0v) is 8.67. The first-order valence-electron chi connectivity index (χ1n) is 4.15. The van der Waals surface area contributed by atoms with Crippen LogP contribution in [0.15, 0.2) is 24.0 Å². The Labute approximate surface area is 83.4 Å². The summed E-state index contributed by atoms with van der Waals surface area (Å²) in [7, 11) is 1.90. The summed E-state index contributed by atoms with van der Waals surface area (Å²) in [6.45, 7) is 6.30. The highest BCUT2D eigenvalue weighted by atomic mass is 35.5. The van der Waals surface area contributed by atoms with Gasteiger partial charge in [0.25, 0.3) is 0 Å². The molecule has 0 aromatic carbocycles. The summed E-state index contributed by atoms with van der Waals surface area (Å²) in [5.74, 6) is 0. The van der Waals surface area contributed by atoms with Crippen molar-refractivity contribution in [3.8, 4) is 0 Å². The molecule has 0 fully saturated rings. The zero-order valence-electron chi connectivity index (χ0n) is 7.92. The number of rotatable bonds is 4. The molecule has 3 nitrogen and oxygen atoms in total. The van der Waals surface area contributed by atoms with Crippen LogP contribution in [0.4, 0.5) is 0 Å². The molecule has 1 aromatic rings. The molecule has 0 aliphatic carbocycles. The van der Waals surface area contributed by atoms with E-state index >= 15 is 0 Å². The molecule has 0 aliphatic rings. The summed E-state index contributed by atoms with van der Waals surface area (Å²) in [4.78, 5) is 0. The van der Waals surface area contributed by atoms with Gasteiger partial charge in [-0.3, -0.25) is 4.68 Å². The van der Waals surface area contributed by atoms with Gasteiger partial charge in [0.1, 0.15) is 0 Å². The second-order valence-corrected chi connectivity index (χ2v) is 3.60. The van der Waals surface area contributed by atoms with Crippen LogP contribution < -0.4 is 5.32 Å². The molecule has 1 rings (SSSR count). The molecule has 72 valence electrons. The fourth-order valence-electron chi connectivity index (χ4n) is 1.05. The van der Waals surface area contributed by atoms with Crippen molar-refractivity contribution in [3.05, 3.63) is 29.6 Å². The molecule has 0 spiro atoms.